The van der Waals surface area contributed by atoms with Crippen LogP contribution in [-0.4, -0.2) is 36.1 Å². The van der Waals surface area contributed by atoms with Gasteiger partial charge in [0.1, 0.15) is 5.75 Å². The molecular weight excluding hydrogens is 372 g/mol. The van der Waals surface area contributed by atoms with Gasteiger partial charge in [0, 0.05) is 10.9 Å². The Hall–Kier alpha value is -2.47. The van der Waals surface area contributed by atoms with Gasteiger partial charge < -0.3 is 4.74 Å². The van der Waals surface area contributed by atoms with Crippen LogP contribution in [0.4, 0.5) is 0 Å². The van der Waals surface area contributed by atoms with Crippen molar-refractivity contribution in [2.24, 2.45) is 5.10 Å². The van der Waals surface area contributed by atoms with Crippen molar-refractivity contribution in [3.8, 4) is 5.75 Å². The summed E-state index contributed by atoms with van der Waals surface area (Å²) in [6.07, 6.45) is 1.42. The molecule has 5 nitrogen and oxygen atoms in total. The van der Waals surface area contributed by atoms with Crippen molar-refractivity contribution < 1.29 is 14.3 Å². The number of hydrazone groups is 1. The SMILES string of the molecule is O=Cc1cc(Br)ccc1OCC(=O)N1CCC(c2ccccc2)=N1. The number of nitrogens with zero attached hydrogens (tertiary/aromatic N) is 2. The summed E-state index contributed by atoms with van der Waals surface area (Å²) in [4.78, 5) is 23.3. The third-order valence-corrected chi connectivity index (χ3v) is 4.14. The second-order valence-electron chi connectivity index (χ2n) is 5.27. The third-order valence-electron chi connectivity index (χ3n) is 3.65. The predicted octanol–water partition coefficient (Wildman–Crippen LogP) is 3.28. The van der Waals surface area contributed by atoms with Gasteiger partial charge in [-0.1, -0.05) is 46.3 Å². The molecule has 2 aromatic carbocycles. The molecule has 0 N–H and O–H groups in total. The van der Waals surface area contributed by atoms with Crippen LogP contribution in [-0.2, 0) is 4.79 Å². The number of carbonyl (C=O) groups is 2. The van der Waals surface area contributed by atoms with Crippen molar-refractivity contribution in [1.82, 2.24) is 5.01 Å². The van der Waals surface area contributed by atoms with E-state index >= 15 is 0 Å². The van der Waals surface area contributed by atoms with E-state index in [4.69, 9.17) is 4.74 Å². The molecule has 24 heavy (non-hydrogen) atoms. The molecule has 1 aliphatic rings. The van der Waals surface area contributed by atoms with Crippen LogP contribution in [0, 0.1) is 0 Å². The lowest BCUT2D eigenvalue weighted by Gasteiger charge is -2.13. The van der Waals surface area contributed by atoms with E-state index in [1.807, 2.05) is 30.3 Å². The molecule has 2 aromatic rings. The molecule has 122 valence electrons. The van der Waals surface area contributed by atoms with Crippen LogP contribution in [0.2, 0.25) is 0 Å². The Balaban J connectivity index is 1.64. The Morgan fingerprint density at radius 2 is 2.04 bits per heavy atom. The summed E-state index contributed by atoms with van der Waals surface area (Å²) in [7, 11) is 0. The molecule has 0 bridgehead atoms. The summed E-state index contributed by atoms with van der Waals surface area (Å²) in [6, 6.07) is 14.8. The van der Waals surface area contributed by atoms with Crippen LogP contribution in [0.15, 0.2) is 58.1 Å². The fourth-order valence-electron chi connectivity index (χ4n) is 2.43. The molecule has 1 aliphatic heterocycles. The average Bonchev–Trinajstić information content (AvgIpc) is 3.11. The van der Waals surface area contributed by atoms with Gasteiger partial charge in [-0.05, 0) is 23.8 Å². The lowest BCUT2D eigenvalue weighted by atomic mass is 10.1. The number of carbonyl (C=O) groups excluding carboxylic acids is 2. The van der Waals surface area contributed by atoms with Gasteiger partial charge in [0.15, 0.2) is 12.9 Å². The molecule has 0 atom stereocenters. The Morgan fingerprint density at radius 3 is 2.79 bits per heavy atom. The van der Waals surface area contributed by atoms with Gasteiger partial charge in [0.2, 0.25) is 0 Å². The number of benzene rings is 2. The van der Waals surface area contributed by atoms with E-state index in [2.05, 4.69) is 21.0 Å². The van der Waals surface area contributed by atoms with E-state index in [0.29, 0.717) is 30.6 Å². The topological polar surface area (TPSA) is 59.0 Å². The molecule has 0 fully saturated rings. The van der Waals surface area contributed by atoms with E-state index in [9.17, 15) is 9.59 Å². The maximum atomic E-state index is 12.3. The van der Waals surface area contributed by atoms with E-state index in [1.165, 1.54) is 5.01 Å². The summed E-state index contributed by atoms with van der Waals surface area (Å²) in [5, 5.41) is 5.79. The van der Waals surface area contributed by atoms with Gasteiger partial charge in [0.05, 0.1) is 17.8 Å². The highest BCUT2D eigenvalue weighted by Crippen LogP contribution is 2.22. The minimum absolute atomic E-state index is 0.159. The van der Waals surface area contributed by atoms with Crippen LogP contribution in [0.3, 0.4) is 0 Å². The number of amides is 1. The molecular formula is C18H15BrN2O3. The fraction of sp³-hybridized carbons (Fsp3) is 0.167. The van der Waals surface area contributed by atoms with E-state index in [1.54, 1.807) is 18.2 Å². The van der Waals surface area contributed by atoms with Crippen molar-refractivity contribution in [2.45, 2.75) is 6.42 Å². The van der Waals surface area contributed by atoms with Crippen molar-refractivity contribution in [2.75, 3.05) is 13.2 Å². The fourth-order valence-corrected chi connectivity index (χ4v) is 2.81. The normalized spacial score (nSPS) is 13.5. The summed E-state index contributed by atoms with van der Waals surface area (Å²) in [5.41, 5.74) is 2.30. The van der Waals surface area contributed by atoms with Gasteiger partial charge >= 0.3 is 0 Å². The number of hydrogen-bond donors (Lipinski definition) is 0. The molecule has 0 saturated carbocycles. The molecule has 0 unspecified atom stereocenters. The minimum atomic E-state index is -0.235. The molecule has 0 radical (unpaired) electrons. The average molecular weight is 387 g/mol. The van der Waals surface area contributed by atoms with Crippen LogP contribution in [0.5, 0.6) is 5.75 Å². The minimum Gasteiger partial charge on any atom is -0.483 e. The van der Waals surface area contributed by atoms with Gasteiger partial charge in [-0.2, -0.15) is 5.10 Å². The lowest BCUT2D eigenvalue weighted by molar-refractivity contribution is -0.132. The molecule has 3 rings (SSSR count). The Labute approximate surface area is 148 Å². The van der Waals surface area contributed by atoms with Gasteiger partial charge in [-0.3, -0.25) is 9.59 Å². The van der Waals surface area contributed by atoms with Crippen LogP contribution in [0.25, 0.3) is 0 Å². The first-order chi connectivity index (χ1) is 11.7. The molecule has 6 heteroatoms. The van der Waals surface area contributed by atoms with Gasteiger partial charge in [-0.15, -0.1) is 0 Å². The van der Waals surface area contributed by atoms with E-state index in [0.717, 1.165) is 15.7 Å². The smallest absolute Gasteiger partial charge is 0.280 e. The lowest BCUT2D eigenvalue weighted by Crippen LogP contribution is -2.29. The summed E-state index contributed by atoms with van der Waals surface area (Å²) < 4.78 is 6.26. The first-order valence-electron chi connectivity index (χ1n) is 7.48. The highest BCUT2D eigenvalue weighted by atomic mass is 79.9. The van der Waals surface area contributed by atoms with E-state index in [-0.39, 0.29) is 12.5 Å². The molecule has 1 amide bonds. The van der Waals surface area contributed by atoms with Crippen LogP contribution >= 0.6 is 15.9 Å². The largest absolute Gasteiger partial charge is 0.483 e. The first kappa shape index (κ1) is 16.4. The summed E-state index contributed by atoms with van der Waals surface area (Å²) in [6.45, 7) is 0.376. The zero-order valence-electron chi connectivity index (χ0n) is 12.8. The monoisotopic (exact) mass is 386 g/mol. The Kier molecular flexibility index (Phi) is 5.05. The molecule has 0 saturated heterocycles. The van der Waals surface area contributed by atoms with Gasteiger partial charge in [0.25, 0.3) is 5.91 Å². The second-order valence-corrected chi connectivity index (χ2v) is 6.18. The third kappa shape index (κ3) is 3.71. The maximum absolute atomic E-state index is 12.3. The number of ether oxygens (including phenoxy) is 1. The first-order valence-corrected chi connectivity index (χ1v) is 8.27. The van der Waals surface area contributed by atoms with Gasteiger partial charge in [-0.25, -0.2) is 5.01 Å². The van der Waals surface area contributed by atoms with Crippen molar-refractivity contribution in [3.05, 3.63) is 64.1 Å². The summed E-state index contributed by atoms with van der Waals surface area (Å²) in [5.74, 6) is 0.147. The zero-order chi connectivity index (χ0) is 16.9. The molecule has 0 aliphatic carbocycles. The quantitative estimate of drug-likeness (QED) is 0.740. The molecule has 0 spiro atoms. The highest BCUT2D eigenvalue weighted by Gasteiger charge is 2.22. The Morgan fingerprint density at radius 1 is 1.25 bits per heavy atom. The number of aldehydes is 1. The standard InChI is InChI=1S/C18H15BrN2O3/c19-15-6-7-17(14(10-15)11-22)24-12-18(23)21-9-8-16(20-21)13-4-2-1-3-5-13/h1-7,10-11H,8-9,12H2. The van der Waals surface area contributed by atoms with Crippen molar-refractivity contribution in [1.29, 1.82) is 0 Å². The van der Waals surface area contributed by atoms with E-state index < -0.39 is 0 Å². The maximum Gasteiger partial charge on any atom is 0.280 e. The molecule has 1 heterocycles. The second kappa shape index (κ2) is 7.40. The number of hydrogen-bond acceptors (Lipinski definition) is 4. The highest BCUT2D eigenvalue weighted by molar-refractivity contribution is 9.10. The van der Waals surface area contributed by atoms with Crippen molar-refractivity contribution >= 4 is 33.8 Å². The zero-order valence-corrected chi connectivity index (χ0v) is 14.4. The summed E-state index contributed by atoms with van der Waals surface area (Å²) >= 11 is 3.29. The number of halogens is 1. The van der Waals surface area contributed by atoms with Crippen molar-refractivity contribution in [3.63, 3.8) is 0 Å². The van der Waals surface area contributed by atoms with Crippen LogP contribution in [0.1, 0.15) is 22.3 Å². The van der Waals surface area contributed by atoms with Crippen LogP contribution < -0.4 is 4.74 Å². The molecule has 0 aromatic heterocycles. The Bertz CT molecular complexity index is 790. The number of rotatable bonds is 5. The predicted molar refractivity (Wildman–Crippen MR) is 94.3 cm³/mol.